The molecule has 3 aromatic rings. The number of pyridine rings is 2. The number of carbonyl (C=O) groups is 2. The molecule has 2 heterocycles. The highest BCUT2D eigenvalue weighted by Gasteiger charge is 2.26. The van der Waals surface area contributed by atoms with Crippen LogP contribution >= 0.6 is 0 Å². The van der Waals surface area contributed by atoms with Crippen LogP contribution in [0.25, 0.3) is 0 Å². The molecule has 1 unspecified atom stereocenters. The first-order valence-electron chi connectivity index (χ1n) is 12.6. The summed E-state index contributed by atoms with van der Waals surface area (Å²) in [4.78, 5) is 44.3. The zero-order chi connectivity index (χ0) is 25.7. The van der Waals surface area contributed by atoms with Crippen LogP contribution in [0.4, 0.5) is 0 Å². The second-order valence-electron chi connectivity index (χ2n) is 10.5. The molecule has 7 heteroatoms. The normalized spacial score (nSPS) is 15.2. The molecule has 0 bridgehead atoms. The van der Waals surface area contributed by atoms with Crippen molar-refractivity contribution < 1.29 is 9.59 Å². The monoisotopic (exact) mass is 486 g/mol. The average Bonchev–Trinajstić information content (AvgIpc) is 2.87. The standard InChI is InChI=1S/C29H34N4O3/c1-29(2,3)32-28(36)24-19-33(22-12-8-5-9-13-22)18-23(26(24)34)27(35)31-25(20-10-6-4-7-11-20)21-14-16-30-17-15-21/h4,6-7,10-11,14-19,22,25H,5,8-9,12-13H2,1-3H3,(H,31,35)(H,32,36). The SMILES string of the molecule is CC(C)(C)NC(=O)c1cn(C2CCCCC2)cc(C(=O)NC(c2ccccc2)c2ccncc2)c1=O. The molecule has 0 spiro atoms. The van der Waals surface area contributed by atoms with Gasteiger partial charge >= 0.3 is 0 Å². The number of rotatable bonds is 6. The molecule has 0 radical (unpaired) electrons. The van der Waals surface area contributed by atoms with E-state index < -0.39 is 28.8 Å². The molecule has 0 aliphatic heterocycles. The van der Waals surface area contributed by atoms with Gasteiger partial charge in [0.05, 0.1) is 6.04 Å². The maximum atomic E-state index is 13.6. The first-order valence-corrected chi connectivity index (χ1v) is 12.6. The predicted octanol–water partition coefficient (Wildman–Crippen LogP) is 4.80. The Labute approximate surface area is 212 Å². The minimum atomic E-state index is -0.567. The molecule has 1 fully saturated rings. The van der Waals surface area contributed by atoms with Gasteiger partial charge in [0.2, 0.25) is 5.43 Å². The zero-order valence-electron chi connectivity index (χ0n) is 21.2. The van der Waals surface area contributed by atoms with Crippen LogP contribution < -0.4 is 16.1 Å². The summed E-state index contributed by atoms with van der Waals surface area (Å²) >= 11 is 0. The Morgan fingerprint density at radius 2 is 1.47 bits per heavy atom. The maximum Gasteiger partial charge on any atom is 0.257 e. The quantitative estimate of drug-likeness (QED) is 0.524. The highest BCUT2D eigenvalue weighted by atomic mass is 16.2. The van der Waals surface area contributed by atoms with Crippen LogP contribution in [0.15, 0.2) is 72.0 Å². The minimum absolute atomic E-state index is 0.0108. The van der Waals surface area contributed by atoms with Crippen molar-refractivity contribution in [2.75, 3.05) is 0 Å². The number of aromatic nitrogens is 2. The van der Waals surface area contributed by atoms with Crippen LogP contribution in [0.3, 0.4) is 0 Å². The van der Waals surface area contributed by atoms with Gasteiger partial charge in [0.15, 0.2) is 0 Å². The lowest BCUT2D eigenvalue weighted by molar-refractivity contribution is 0.0917. The summed E-state index contributed by atoms with van der Waals surface area (Å²) in [5, 5.41) is 5.91. The third-order valence-electron chi connectivity index (χ3n) is 6.47. The van der Waals surface area contributed by atoms with Gasteiger partial charge in [-0.2, -0.15) is 0 Å². The molecular weight excluding hydrogens is 452 g/mol. The Morgan fingerprint density at radius 3 is 2.08 bits per heavy atom. The molecule has 4 rings (SSSR count). The largest absolute Gasteiger partial charge is 0.349 e. The Balaban J connectivity index is 1.75. The molecule has 1 aliphatic rings. The number of nitrogens with one attached hydrogen (secondary N) is 2. The van der Waals surface area contributed by atoms with Gasteiger partial charge < -0.3 is 15.2 Å². The van der Waals surface area contributed by atoms with Crippen LogP contribution in [0.2, 0.25) is 0 Å². The van der Waals surface area contributed by atoms with Gasteiger partial charge in [0.1, 0.15) is 11.1 Å². The molecule has 1 aromatic carbocycles. The maximum absolute atomic E-state index is 13.6. The van der Waals surface area contributed by atoms with E-state index in [-0.39, 0.29) is 17.2 Å². The number of carbonyl (C=O) groups excluding carboxylic acids is 2. The Morgan fingerprint density at radius 1 is 0.889 bits per heavy atom. The number of nitrogens with zero attached hydrogens (tertiary/aromatic N) is 2. The number of hydrogen-bond acceptors (Lipinski definition) is 4. The van der Waals surface area contributed by atoms with Crippen molar-refractivity contribution in [3.63, 3.8) is 0 Å². The molecule has 7 nitrogen and oxygen atoms in total. The fourth-order valence-electron chi connectivity index (χ4n) is 4.69. The summed E-state index contributed by atoms with van der Waals surface area (Å²) in [7, 11) is 0. The van der Waals surface area contributed by atoms with Crippen LogP contribution in [0.5, 0.6) is 0 Å². The Bertz CT molecular complexity index is 1220. The van der Waals surface area contributed by atoms with Crippen molar-refractivity contribution >= 4 is 11.8 Å². The summed E-state index contributed by atoms with van der Waals surface area (Å²) in [5.41, 5.74) is 0.602. The van der Waals surface area contributed by atoms with Gasteiger partial charge in [-0.15, -0.1) is 0 Å². The number of amides is 2. The van der Waals surface area contributed by atoms with Crippen LogP contribution in [0.1, 0.15) is 96.8 Å². The molecular formula is C29H34N4O3. The molecule has 1 aliphatic carbocycles. The summed E-state index contributed by atoms with van der Waals surface area (Å²) < 4.78 is 1.90. The second-order valence-corrected chi connectivity index (χ2v) is 10.5. The van der Waals surface area contributed by atoms with E-state index in [1.54, 1.807) is 24.8 Å². The third-order valence-corrected chi connectivity index (χ3v) is 6.47. The van der Waals surface area contributed by atoms with Crippen LogP contribution in [-0.2, 0) is 0 Å². The fraction of sp³-hybridized carbons (Fsp3) is 0.379. The minimum Gasteiger partial charge on any atom is -0.349 e. The average molecular weight is 487 g/mol. The zero-order valence-corrected chi connectivity index (χ0v) is 21.2. The van der Waals surface area contributed by atoms with Crippen molar-refractivity contribution in [3.8, 4) is 0 Å². The highest BCUT2D eigenvalue weighted by molar-refractivity contribution is 5.99. The summed E-state index contributed by atoms with van der Waals surface area (Å²) in [5.74, 6) is -0.985. The smallest absolute Gasteiger partial charge is 0.257 e. The van der Waals surface area contributed by atoms with E-state index in [2.05, 4.69) is 15.6 Å². The lowest BCUT2D eigenvalue weighted by Crippen LogP contribution is -2.44. The molecule has 0 saturated heterocycles. The summed E-state index contributed by atoms with van der Waals surface area (Å²) in [6, 6.07) is 12.9. The molecule has 1 atom stereocenters. The fourth-order valence-corrected chi connectivity index (χ4v) is 4.69. The van der Waals surface area contributed by atoms with E-state index in [9.17, 15) is 14.4 Å². The third kappa shape index (κ3) is 6.08. The first kappa shape index (κ1) is 25.4. The van der Waals surface area contributed by atoms with Gasteiger partial charge in [-0.1, -0.05) is 49.6 Å². The molecule has 188 valence electrons. The van der Waals surface area contributed by atoms with Gasteiger partial charge in [0.25, 0.3) is 11.8 Å². The molecule has 36 heavy (non-hydrogen) atoms. The van der Waals surface area contributed by atoms with E-state index in [1.807, 2.05) is 67.8 Å². The predicted molar refractivity (Wildman–Crippen MR) is 140 cm³/mol. The Hall–Kier alpha value is -3.74. The van der Waals surface area contributed by atoms with Crippen molar-refractivity contribution in [2.45, 2.75) is 70.5 Å². The Kier molecular flexibility index (Phi) is 7.67. The van der Waals surface area contributed by atoms with Crippen molar-refractivity contribution in [3.05, 3.63) is 99.7 Å². The van der Waals surface area contributed by atoms with E-state index in [1.165, 1.54) is 6.42 Å². The van der Waals surface area contributed by atoms with Crippen molar-refractivity contribution in [2.24, 2.45) is 0 Å². The first-order chi connectivity index (χ1) is 17.2. The molecule has 2 amide bonds. The van der Waals surface area contributed by atoms with Gasteiger partial charge in [-0.25, -0.2) is 0 Å². The lowest BCUT2D eigenvalue weighted by Gasteiger charge is -2.27. The van der Waals surface area contributed by atoms with Crippen molar-refractivity contribution in [1.82, 2.24) is 20.2 Å². The highest BCUT2D eigenvalue weighted by Crippen LogP contribution is 2.28. The van der Waals surface area contributed by atoms with Crippen molar-refractivity contribution in [1.29, 1.82) is 0 Å². The van der Waals surface area contributed by atoms with Gasteiger partial charge in [0, 0.05) is 36.4 Å². The van der Waals surface area contributed by atoms with Crippen LogP contribution in [-0.4, -0.2) is 26.9 Å². The number of benzene rings is 1. The van der Waals surface area contributed by atoms with Crippen LogP contribution in [0, 0.1) is 0 Å². The second kappa shape index (κ2) is 10.9. The molecule has 2 aromatic heterocycles. The topological polar surface area (TPSA) is 93.1 Å². The summed E-state index contributed by atoms with van der Waals surface area (Å²) in [6.45, 7) is 5.58. The summed E-state index contributed by atoms with van der Waals surface area (Å²) in [6.07, 6.45) is 11.8. The van der Waals surface area contributed by atoms with E-state index in [0.29, 0.717) is 0 Å². The van der Waals surface area contributed by atoms with E-state index >= 15 is 0 Å². The van der Waals surface area contributed by atoms with Gasteiger partial charge in [-0.05, 0) is 56.9 Å². The lowest BCUT2D eigenvalue weighted by atomic mass is 9.94. The molecule has 2 N–H and O–H groups in total. The molecule has 1 saturated carbocycles. The van der Waals surface area contributed by atoms with E-state index in [4.69, 9.17) is 0 Å². The van der Waals surface area contributed by atoms with Gasteiger partial charge in [-0.3, -0.25) is 19.4 Å². The van der Waals surface area contributed by atoms with E-state index in [0.717, 1.165) is 36.8 Å². The number of hydrogen-bond donors (Lipinski definition) is 2.